The first-order chi connectivity index (χ1) is 10.2. The largest absolute Gasteiger partial charge is 0.489 e. The maximum atomic E-state index is 5.88. The number of aromatic nitrogens is 2. The first-order valence-corrected chi connectivity index (χ1v) is 7.46. The summed E-state index contributed by atoms with van der Waals surface area (Å²) in [4.78, 5) is 0. The van der Waals surface area contributed by atoms with Crippen LogP contribution in [0.5, 0.6) is 5.75 Å². The van der Waals surface area contributed by atoms with E-state index in [1.165, 1.54) is 0 Å². The fourth-order valence-corrected chi connectivity index (χ4v) is 2.60. The minimum atomic E-state index is 0.559. The Labute approximate surface area is 132 Å². The zero-order chi connectivity index (χ0) is 14.7. The van der Waals surface area contributed by atoms with Crippen molar-refractivity contribution in [2.45, 2.75) is 6.61 Å². The minimum Gasteiger partial charge on any atom is -0.489 e. The zero-order valence-corrected chi connectivity index (χ0v) is 13.2. The van der Waals surface area contributed by atoms with Crippen LogP contribution in [0.4, 0.5) is 0 Å². The van der Waals surface area contributed by atoms with Gasteiger partial charge in [-0.3, -0.25) is 4.68 Å². The normalized spacial score (nSPS) is 10.6. The van der Waals surface area contributed by atoms with Crippen LogP contribution in [0.15, 0.2) is 65.4 Å². The third-order valence-corrected chi connectivity index (χ3v) is 3.62. The predicted octanol–water partition coefficient (Wildman–Crippen LogP) is 4.43. The summed E-state index contributed by atoms with van der Waals surface area (Å²) < 4.78 is 8.67. The molecule has 0 spiro atoms. The Morgan fingerprint density at radius 1 is 1.10 bits per heavy atom. The summed E-state index contributed by atoms with van der Waals surface area (Å²) >= 11 is 3.54. The average molecular weight is 343 g/mol. The van der Waals surface area contributed by atoms with Gasteiger partial charge in [0, 0.05) is 23.3 Å². The van der Waals surface area contributed by atoms with Crippen molar-refractivity contribution in [3.05, 3.63) is 71.0 Å². The van der Waals surface area contributed by atoms with E-state index >= 15 is 0 Å². The van der Waals surface area contributed by atoms with Crippen molar-refractivity contribution in [2.75, 3.05) is 0 Å². The molecule has 21 heavy (non-hydrogen) atoms. The van der Waals surface area contributed by atoms with Crippen LogP contribution in [0.25, 0.3) is 11.1 Å². The molecule has 0 N–H and O–H groups in total. The molecule has 0 unspecified atom stereocenters. The number of ether oxygens (including phenoxy) is 1. The third kappa shape index (κ3) is 3.52. The Hall–Kier alpha value is -2.07. The summed E-state index contributed by atoms with van der Waals surface area (Å²) in [5, 5.41) is 4.21. The van der Waals surface area contributed by atoms with Crippen LogP contribution in [0, 0.1) is 0 Å². The Bertz CT molecular complexity index is 738. The van der Waals surface area contributed by atoms with Gasteiger partial charge in [0.2, 0.25) is 0 Å². The SMILES string of the molecule is Cn1cc(-c2cc(Br)cc(OCc3ccccc3)c2)cn1. The lowest BCUT2D eigenvalue weighted by Crippen LogP contribution is -1.95. The first kappa shape index (κ1) is 13.9. The van der Waals surface area contributed by atoms with Crippen LogP contribution in [0.1, 0.15) is 5.56 Å². The molecule has 0 bridgehead atoms. The van der Waals surface area contributed by atoms with Gasteiger partial charge in [-0.05, 0) is 29.3 Å². The van der Waals surface area contributed by atoms with Gasteiger partial charge in [0.15, 0.2) is 0 Å². The van der Waals surface area contributed by atoms with Gasteiger partial charge in [-0.2, -0.15) is 5.10 Å². The Morgan fingerprint density at radius 2 is 1.90 bits per heavy atom. The molecule has 0 amide bonds. The molecule has 3 nitrogen and oxygen atoms in total. The van der Waals surface area contributed by atoms with E-state index in [0.717, 1.165) is 26.9 Å². The van der Waals surface area contributed by atoms with E-state index in [0.29, 0.717) is 6.61 Å². The van der Waals surface area contributed by atoms with Gasteiger partial charge in [-0.1, -0.05) is 46.3 Å². The molecule has 0 radical (unpaired) electrons. The van der Waals surface area contributed by atoms with E-state index in [9.17, 15) is 0 Å². The number of aryl methyl sites for hydroxylation is 1. The number of rotatable bonds is 4. The van der Waals surface area contributed by atoms with Crippen LogP contribution in [0.3, 0.4) is 0 Å². The molecule has 0 saturated carbocycles. The van der Waals surface area contributed by atoms with Crippen LogP contribution >= 0.6 is 15.9 Å². The number of benzene rings is 2. The smallest absolute Gasteiger partial charge is 0.121 e. The van der Waals surface area contributed by atoms with E-state index in [4.69, 9.17) is 4.74 Å². The molecular formula is C17H15BrN2O. The van der Waals surface area contributed by atoms with Gasteiger partial charge in [-0.25, -0.2) is 0 Å². The van der Waals surface area contributed by atoms with Crippen molar-refractivity contribution >= 4 is 15.9 Å². The number of halogens is 1. The molecule has 106 valence electrons. The Morgan fingerprint density at radius 3 is 2.62 bits per heavy atom. The highest BCUT2D eigenvalue weighted by Crippen LogP contribution is 2.28. The van der Waals surface area contributed by atoms with Gasteiger partial charge in [0.1, 0.15) is 12.4 Å². The van der Waals surface area contributed by atoms with Crippen molar-refractivity contribution in [2.24, 2.45) is 7.05 Å². The monoisotopic (exact) mass is 342 g/mol. The van der Waals surface area contributed by atoms with Crippen LogP contribution in [0.2, 0.25) is 0 Å². The van der Waals surface area contributed by atoms with E-state index in [1.807, 2.05) is 49.8 Å². The highest BCUT2D eigenvalue weighted by molar-refractivity contribution is 9.10. The zero-order valence-electron chi connectivity index (χ0n) is 11.7. The average Bonchev–Trinajstić information content (AvgIpc) is 2.92. The number of hydrogen-bond donors (Lipinski definition) is 0. The second kappa shape index (κ2) is 6.14. The second-order valence-corrected chi connectivity index (χ2v) is 5.77. The Kier molecular flexibility index (Phi) is 4.06. The molecule has 4 heteroatoms. The van der Waals surface area contributed by atoms with Crippen LogP contribution < -0.4 is 4.74 Å². The summed E-state index contributed by atoms with van der Waals surface area (Å²) in [6.07, 6.45) is 3.84. The molecule has 0 fully saturated rings. The highest BCUT2D eigenvalue weighted by atomic mass is 79.9. The second-order valence-electron chi connectivity index (χ2n) is 4.85. The van der Waals surface area contributed by atoms with Crippen LogP contribution in [-0.2, 0) is 13.7 Å². The van der Waals surface area contributed by atoms with Gasteiger partial charge in [-0.15, -0.1) is 0 Å². The molecule has 1 aromatic heterocycles. The molecule has 3 rings (SSSR count). The summed E-state index contributed by atoms with van der Waals surface area (Å²) in [6, 6.07) is 16.2. The fraction of sp³-hybridized carbons (Fsp3) is 0.118. The molecule has 0 aliphatic heterocycles. The van der Waals surface area contributed by atoms with Gasteiger partial charge in [0.05, 0.1) is 6.20 Å². The first-order valence-electron chi connectivity index (χ1n) is 6.67. The molecule has 1 heterocycles. The van der Waals surface area contributed by atoms with Crippen LogP contribution in [-0.4, -0.2) is 9.78 Å². The lowest BCUT2D eigenvalue weighted by atomic mass is 10.1. The lowest BCUT2D eigenvalue weighted by Gasteiger charge is -2.08. The fourth-order valence-electron chi connectivity index (χ4n) is 2.12. The van der Waals surface area contributed by atoms with E-state index < -0.39 is 0 Å². The summed E-state index contributed by atoms with van der Waals surface area (Å²) in [6.45, 7) is 0.559. The maximum absolute atomic E-state index is 5.88. The molecule has 0 saturated heterocycles. The molecule has 0 atom stereocenters. The molecule has 3 aromatic rings. The van der Waals surface area contributed by atoms with Gasteiger partial charge >= 0.3 is 0 Å². The summed E-state index contributed by atoms with van der Waals surface area (Å²) in [5.74, 6) is 0.840. The maximum Gasteiger partial charge on any atom is 0.121 e. The summed E-state index contributed by atoms with van der Waals surface area (Å²) in [7, 11) is 1.91. The van der Waals surface area contributed by atoms with Gasteiger partial charge in [0.25, 0.3) is 0 Å². The van der Waals surface area contributed by atoms with Crippen molar-refractivity contribution in [1.29, 1.82) is 0 Å². The Balaban J connectivity index is 1.81. The standard InChI is InChI=1S/C17H15BrN2O/c1-20-11-15(10-19-20)14-7-16(18)9-17(8-14)21-12-13-5-3-2-4-6-13/h2-11H,12H2,1H3. The third-order valence-electron chi connectivity index (χ3n) is 3.16. The quantitative estimate of drug-likeness (QED) is 0.701. The molecule has 2 aromatic carbocycles. The van der Waals surface area contributed by atoms with Crippen molar-refractivity contribution in [3.63, 3.8) is 0 Å². The van der Waals surface area contributed by atoms with Crippen molar-refractivity contribution in [1.82, 2.24) is 9.78 Å². The van der Waals surface area contributed by atoms with Crippen molar-refractivity contribution < 1.29 is 4.74 Å². The minimum absolute atomic E-state index is 0.559. The predicted molar refractivity (Wildman–Crippen MR) is 87.1 cm³/mol. The number of hydrogen-bond acceptors (Lipinski definition) is 2. The molecular weight excluding hydrogens is 328 g/mol. The van der Waals surface area contributed by atoms with E-state index in [-0.39, 0.29) is 0 Å². The van der Waals surface area contributed by atoms with E-state index in [1.54, 1.807) is 4.68 Å². The molecule has 0 aliphatic rings. The lowest BCUT2D eigenvalue weighted by molar-refractivity contribution is 0.306. The van der Waals surface area contributed by atoms with E-state index in [2.05, 4.69) is 39.2 Å². The molecule has 0 aliphatic carbocycles. The van der Waals surface area contributed by atoms with Crippen molar-refractivity contribution in [3.8, 4) is 16.9 Å². The van der Waals surface area contributed by atoms with Gasteiger partial charge < -0.3 is 4.74 Å². The number of nitrogens with zero attached hydrogens (tertiary/aromatic N) is 2. The topological polar surface area (TPSA) is 27.1 Å². The highest BCUT2D eigenvalue weighted by Gasteiger charge is 2.05. The summed E-state index contributed by atoms with van der Waals surface area (Å²) in [5.41, 5.74) is 3.31.